The number of carbonyl (C=O) groups is 3. The minimum atomic E-state index is -0.833. The Hall–Kier alpha value is -3.61. The zero-order chi connectivity index (χ0) is 19.2. The Bertz CT molecular complexity index is 881. The molecular formula is C20H18N2O5. The molecule has 0 atom stereocenters. The number of aryl methyl sites for hydroxylation is 1. The van der Waals surface area contributed by atoms with Crippen molar-refractivity contribution in [3.63, 3.8) is 0 Å². The van der Waals surface area contributed by atoms with E-state index < -0.39 is 17.8 Å². The monoisotopic (exact) mass is 366 g/mol. The molecule has 1 fully saturated rings. The van der Waals surface area contributed by atoms with Gasteiger partial charge in [0.2, 0.25) is 0 Å². The molecule has 2 aromatic carbocycles. The first-order chi connectivity index (χ1) is 13.0. The standard InChI is InChI=1S/C20H18N2O5/c1-13-6-8-15(9-7-13)26-10-11-27-17-5-3-2-4-14(17)12-16-18(23)21-20(25)22-19(16)24/h2-9,12H,10-11H2,1H3,(H2,21,22,23,24,25). The summed E-state index contributed by atoms with van der Waals surface area (Å²) >= 11 is 0. The highest BCUT2D eigenvalue weighted by Gasteiger charge is 2.27. The van der Waals surface area contributed by atoms with Crippen molar-refractivity contribution in [2.45, 2.75) is 6.92 Å². The highest BCUT2D eigenvalue weighted by atomic mass is 16.5. The number of benzene rings is 2. The second-order valence-electron chi connectivity index (χ2n) is 5.84. The number of barbiturate groups is 1. The molecule has 27 heavy (non-hydrogen) atoms. The Morgan fingerprint density at radius 2 is 1.48 bits per heavy atom. The van der Waals surface area contributed by atoms with Crippen LogP contribution in [0.4, 0.5) is 4.79 Å². The third kappa shape index (κ3) is 4.72. The fourth-order valence-corrected chi connectivity index (χ4v) is 2.44. The number of urea groups is 1. The minimum Gasteiger partial charge on any atom is -0.490 e. The van der Waals surface area contributed by atoms with E-state index in [1.54, 1.807) is 24.3 Å². The molecule has 138 valence electrons. The Morgan fingerprint density at radius 1 is 0.852 bits per heavy atom. The van der Waals surface area contributed by atoms with Gasteiger partial charge in [0, 0.05) is 5.56 Å². The normalized spacial score (nSPS) is 13.7. The number of hydrogen-bond donors (Lipinski definition) is 2. The average Bonchev–Trinajstić information content (AvgIpc) is 2.64. The van der Waals surface area contributed by atoms with Crippen molar-refractivity contribution in [2.24, 2.45) is 0 Å². The van der Waals surface area contributed by atoms with E-state index in [-0.39, 0.29) is 12.2 Å². The molecule has 1 heterocycles. The molecule has 0 radical (unpaired) electrons. The van der Waals surface area contributed by atoms with Crippen LogP contribution in [0.25, 0.3) is 6.08 Å². The molecule has 0 unspecified atom stereocenters. The third-order valence-electron chi connectivity index (χ3n) is 3.79. The van der Waals surface area contributed by atoms with Crippen molar-refractivity contribution >= 4 is 23.9 Å². The van der Waals surface area contributed by atoms with E-state index in [1.165, 1.54) is 6.08 Å². The van der Waals surface area contributed by atoms with Crippen molar-refractivity contribution in [2.75, 3.05) is 13.2 Å². The lowest BCUT2D eigenvalue weighted by atomic mass is 10.1. The number of hydrogen-bond acceptors (Lipinski definition) is 5. The number of ether oxygens (including phenoxy) is 2. The molecule has 7 nitrogen and oxygen atoms in total. The van der Waals surface area contributed by atoms with Gasteiger partial charge in [0.1, 0.15) is 30.3 Å². The molecule has 4 amide bonds. The van der Waals surface area contributed by atoms with Crippen LogP contribution in [0.5, 0.6) is 11.5 Å². The van der Waals surface area contributed by atoms with Crippen LogP contribution in [-0.2, 0) is 9.59 Å². The molecular weight excluding hydrogens is 348 g/mol. The fourth-order valence-electron chi connectivity index (χ4n) is 2.44. The molecule has 0 aromatic heterocycles. The van der Waals surface area contributed by atoms with Gasteiger partial charge in [0.05, 0.1) is 0 Å². The predicted molar refractivity (Wildman–Crippen MR) is 98.3 cm³/mol. The Kier molecular flexibility index (Phi) is 5.51. The maximum Gasteiger partial charge on any atom is 0.328 e. The summed E-state index contributed by atoms with van der Waals surface area (Å²) in [7, 11) is 0. The quantitative estimate of drug-likeness (QED) is 0.464. The van der Waals surface area contributed by atoms with Crippen LogP contribution >= 0.6 is 0 Å². The summed E-state index contributed by atoms with van der Waals surface area (Å²) in [5.74, 6) is -0.252. The lowest BCUT2D eigenvalue weighted by Gasteiger charge is -2.15. The predicted octanol–water partition coefficient (Wildman–Crippen LogP) is 2.20. The summed E-state index contributed by atoms with van der Waals surface area (Å²) < 4.78 is 11.3. The molecule has 2 N–H and O–H groups in total. The van der Waals surface area contributed by atoms with Gasteiger partial charge in [-0.3, -0.25) is 20.2 Å². The van der Waals surface area contributed by atoms with Gasteiger partial charge in [-0.05, 0) is 31.2 Å². The number of carbonyl (C=O) groups excluding carboxylic acids is 3. The van der Waals surface area contributed by atoms with Gasteiger partial charge in [-0.25, -0.2) is 4.79 Å². The van der Waals surface area contributed by atoms with Crippen LogP contribution < -0.4 is 20.1 Å². The van der Waals surface area contributed by atoms with E-state index in [0.29, 0.717) is 17.9 Å². The van der Waals surface area contributed by atoms with Gasteiger partial charge in [-0.15, -0.1) is 0 Å². The first-order valence-electron chi connectivity index (χ1n) is 8.32. The largest absolute Gasteiger partial charge is 0.490 e. The fraction of sp³-hybridized carbons (Fsp3) is 0.150. The van der Waals surface area contributed by atoms with Crippen LogP contribution in [0.1, 0.15) is 11.1 Å². The number of amides is 4. The highest BCUT2D eigenvalue weighted by Crippen LogP contribution is 2.22. The van der Waals surface area contributed by atoms with Gasteiger partial charge in [0.15, 0.2) is 0 Å². The average molecular weight is 366 g/mol. The summed E-state index contributed by atoms with van der Waals surface area (Å²) in [6.45, 7) is 2.62. The summed E-state index contributed by atoms with van der Waals surface area (Å²) in [4.78, 5) is 34.8. The first-order valence-corrected chi connectivity index (χ1v) is 8.32. The lowest BCUT2D eigenvalue weighted by molar-refractivity contribution is -0.123. The van der Waals surface area contributed by atoms with E-state index in [4.69, 9.17) is 9.47 Å². The van der Waals surface area contributed by atoms with E-state index in [1.807, 2.05) is 41.8 Å². The zero-order valence-corrected chi connectivity index (χ0v) is 14.7. The summed E-state index contributed by atoms with van der Waals surface area (Å²) in [6.07, 6.45) is 1.38. The molecule has 7 heteroatoms. The van der Waals surface area contributed by atoms with Crippen molar-refractivity contribution in [1.29, 1.82) is 0 Å². The molecule has 0 saturated carbocycles. The molecule has 1 aliphatic heterocycles. The number of para-hydroxylation sites is 1. The van der Waals surface area contributed by atoms with Gasteiger partial charge in [0.25, 0.3) is 11.8 Å². The lowest BCUT2D eigenvalue weighted by Crippen LogP contribution is -2.51. The molecule has 2 aromatic rings. The second kappa shape index (κ2) is 8.18. The maximum atomic E-state index is 11.9. The van der Waals surface area contributed by atoms with Crippen molar-refractivity contribution in [3.05, 3.63) is 65.2 Å². The SMILES string of the molecule is Cc1ccc(OCCOc2ccccc2C=C2C(=O)NC(=O)NC2=O)cc1. The van der Waals surface area contributed by atoms with E-state index >= 15 is 0 Å². The number of rotatable bonds is 6. The van der Waals surface area contributed by atoms with Crippen LogP contribution in [0.15, 0.2) is 54.1 Å². The molecule has 1 aliphatic rings. The third-order valence-corrected chi connectivity index (χ3v) is 3.79. The maximum absolute atomic E-state index is 11.9. The van der Waals surface area contributed by atoms with E-state index in [9.17, 15) is 14.4 Å². The van der Waals surface area contributed by atoms with Gasteiger partial charge in [-0.2, -0.15) is 0 Å². The van der Waals surface area contributed by atoms with E-state index in [2.05, 4.69) is 0 Å². The van der Waals surface area contributed by atoms with Crippen LogP contribution in [-0.4, -0.2) is 31.1 Å². The Labute approximate surface area is 156 Å². The van der Waals surface area contributed by atoms with Crippen molar-refractivity contribution in [1.82, 2.24) is 10.6 Å². The molecule has 0 bridgehead atoms. The minimum absolute atomic E-state index is 0.165. The Morgan fingerprint density at radius 3 is 2.19 bits per heavy atom. The van der Waals surface area contributed by atoms with Crippen LogP contribution in [0.3, 0.4) is 0 Å². The van der Waals surface area contributed by atoms with Crippen molar-refractivity contribution in [3.8, 4) is 11.5 Å². The van der Waals surface area contributed by atoms with E-state index in [0.717, 1.165) is 11.3 Å². The summed E-state index contributed by atoms with van der Waals surface area (Å²) in [6, 6.07) is 13.8. The van der Waals surface area contributed by atoms with Crippen molar-refractivity contribution < 1.29 is 23.9 Å². The number of nitrogens with one attached hydrogen (secondary N) is 2. The molecule has 0 aliphatic carbocycles. The zero-order valence-electron chi connectivity index (χ0n) is 14.7. The molecule has 3 rings (SSSR count). The van der Waals surface area contributed by atoms with Gasteiger partial charge >= 0.3 is 6.03 Å². The number of imide groups is 2. The first kappa shape index (κ1) is 18.2. The van der Waals surface area contributed by atoms with Gasteiger partial charge in [-0.1, -0.05) is 35.9 Å². The summed E-state index contributed by atoms with van der Waals surface area (Å²) in [5, 5.41) is 4.07. The topological polar surface area (TPSA) is 93.7 Å². The smallest absolute Gasteiger partial charge is 0.328 e. The Balaban J connectivity index is 1.64. The van der Waals surface area contributed by atoms with Crippen LogP contribution in [0.2, 0.25) is 0 Å². The summed E-state index contributed by atoms with van der Waals surface area (Å²) in [5.41, 5.74) is 1.53. The van der Waals surface area contributed by atoms with Gasteiger partial charge < -0.3 is 9.47 Å². The second-order valence-corrected chi connectivity index (χ2v) is 5.84. The highest BCUT2D eigenvalue weighted by molar-refractivity contribution is 6.31. The van der Waals surface area contributed by atoms with Crippen LogP contribution in [0, 0.1) is 6.92 Å². The molecule has 1 saturated heterocycles. The molecule has 0 spiro atoms.